The van der Waals surface area contributed by atoms with Crippen molar-refractivity contribution in [1.29, 1.82) is 0 Å². The van der Waals surface area contributed by atoms with E-state index >= 15 is 0 Å². The van der Waals surface area contributed by atoms with Crippen LogP contribution in [0.5, 0.6) is 0 Å². The van der Waals surface area contributed by atoms with Crippen molar-refractivity contribution in [3.8, 4) is 0 Å². The Morgan fingerprint density at radius 2 is 2.25 bits per heavy atom. The summed E-state index contributed by atoms with van der Waals surface area (Å²) in [5.41, 5.74) is 0. The van der Waals surface area contributed by atoms with E-state index in [2.05, 4.69) is 10.4 Å². The van der Waals surface area contributed by atoms with E-state index in [-0.39, 0.29) is 12.5 Å². The first-order valence-electron chi connectivity index (χ1n) is 5.71. The van der Waals surface area contributed by atoms with Gasteiger partial charge in [-0.05, 0) is 12.8 Å². The number of amides is 1. The third-order valence-electron chi connectivity index (χ3n) is 2.88. The highest BCUT2D eigenvalue weighted by molar-refractivity contribution is 6.30. The first-order chi connectivity index (χ1) is 7.74. The van der Waals surface area contributed by atoms with Crippen LogP contribution in [0.4, 0.5) is 0 Å². The SMILES string of the molecule is O=C(Cn1cc(Cl)cn1)NC1CCCCC1. The van der Waals surface area contributed by atoms with Crippen molar-refractivity contribution in [1.82, 2.24) is 15.1 Å². The van der Waals surface area contributed by atoms with E-state index in [1.54, 1.807) is 10.9 Å². The lowest BCUT2D eigenvalue weighted by atomic mass is 9.95. The van der Waals surface area contributed by atoms with Gasteiger partial charge in [0.1, 0.15) is 6.54 Å². The molecule has 1 aromatic heterocycles. The molecule has 2 rings (SSSR count). The number of nitrogens with zero attached hydrogens (tertiary/aromatic N) is 2. The largest absolute Gasteiger partial charge is 0.352 e. The maximum Gasteiger partial charge on any atom is 0.241 e. The highest BCUT2D eigenvalue weighted by Gasteiger charge is 2.15. The van der Waals surface area contributed by atoms with Crippen LogP contribution in [0, 0.1) is 0 Å². The summed E-state index contributed by atoms with van der Waals surface area (Å²) in [4.78, 5) is 11.7. The standard InChI is InChI=1S/C11H16ClN3O/c12-9-6-13-15(7-9)8-11(16)14-10-4-2-1-3-5-10/h6-7,10H,1-5,8H2,(H,14,16). The lowest BCUT2D eigenvalue weighted by molar-refractivity contribution is -0.122. The Balaban J connectivity index is 1.79. The summed E-state index contributed by atoms with van der Waals surface area (Å²) < 4.78 is 1.56. The molecule has 0 spiro atoms. The Bertz CT molecular complexity index is 358. The van der Waals surface area contributed by atoms with Crippen LogP contribution in [0.2, 0.25) is 5.02 Å². The van der Waals surface area contributed by atoms with Gasteiger partial charge in [-0.1, -0.05) is 30.9 Å². The second kappa shape index (κ2) is 5.34. The maximum absolute atomic E-state index is 11.7. The molecule has 1 N–H and O–H groups in total. The number of hydrogen-bond donors (Lipinski definition) is 1. The number of rotatable bonds is 3. The van der Waals surface area contributed by atoms with Gasteiger partial charge in [-0.15, -0.1) is 0 Å². The van der Waals surface area contributed by atoms with Gasteiger partial charge < -0.3 is 5.32 Å². The normalized spacial score (nSPS) is 17.3. The molecule has 1 aliphatic rings. The van der Waals surface area contributed by atoms with Crippen LogP contribution in [0.15, 0.2) is 12.4 Å². The second-order valence-electron chi connectivity index (χ2n) is 4.26. The van der Waals surface area contributed by atoms with Gasteiger partial charge in [-0.3, -0.25) is 9.48 Å². The Morgan fingerprint density at radius 1 is 1.50 bits per heavy atom. The van der Waals surface area contributed by atoms with Crippen LogP contribution in [0.1, 0.15) is 32.1 Å². The van der Waals surface area contributed by atoms with E-state index in [0.29, 0.717) is 11.1 Å². The predicted molar refractivity (Wildman–Crippen MR) is 62.3 cm³/mol. The zero-order chi connectivity index (χ0) is 11.4. The van der Waals surface area contributed by atoms with Gasteiger partial charge in [0.2, 0.25) is 5.91 Å². The summed E-state index contributed by atoms with van der Waals surface area (Å²) in [6.45, 7) is 0.253. The lowest BCUT2D eigenvalue weighted by Crippen LogP contribution is -2.38. The average Bonchev–Trinajstić information content (AvgIpc) is 2.65. The van der Waals surface area contributed by atoms with E-state index in [4.69, 9.17) is 11.6 Å². The number of nitrogens with one attached hydrogen (secondary N) is 1. The van der Waals surface area contributed by atoms with Gasteiger partial charge in [0.25, 0.3) is 0 Å². The topological polar surface area (TPSA) is 46.9 Å². The molecule has 88 valence electrons. The first-order valence-corrected chi connectivity index (χ1v) is 6.09. The molecule has 0 aliphatic heterocycles. The van der Waals surface area contributed by atoms with Crippen LogP contribution in [-0.2, 0) is 11.3 Å². The Kier molecular flexibility index (Phi) is 3.83. The third kappa shape index (κ3) is 3.23. The lowest BCUT2D eigenvalue weighted by Gasteiger charge is -2.22. The van der Waals surface area contributed by atoms with Gasteiger partial charge in [0.15, 0.2) is 0 Å². The molecule has 1 saturated carbocycles. The fourth-order valence-corrected chi connectivity index (χ4v) is 2.25. The Hall–Kier alpha value is -1.03. The molecule has 0 unspecified atom stereocenters. The van der Waals surface area contributed by atoms with Crippen molar-refractivity contribution < 1.29 is 4.79 Å². The smallest absolute Gasteiger partial charge is 0.241 e. The van der Waals surface area contributed by atoms with Crippen LogP contribution >= 0.6 is 11.6 Å². The van der Waals surface area contributed by atoms with E-state index in [1.165, 1.54) is 25.5 Å². The van der Waals surface area contributed by atoms with E-state index < -0.39 is 0 Å². The quantitative estimate of drug-likeness (QED) is 0.880. The third-order valence-corrected chi connectivity index (χ3v) is 3.07. The number of halogens is 1. The number of carbonyl (C=O) groups is 1. The molecular formula is C11H16ClN3O. The van der Waals surface area contributed by atoms with Gasteiger partial charge in [-0.2, -0.15) is 5.10 Å². The van der Waals surface area contributed by atoms with E-state index in [1.807, 2.05) is 0 Å². The van der Waals surface area contributed by atoms with Gasteiger partial charge in [0, 0.05) is 12.2 Å². The zero-order valence-electron chi connectivity index (χ0n) is 9.16. The summed E-state index contributed by atoms with van der Waals surface area (Å²) in [5.74, 6) is 0.0201. The number of aromatic nitrogens is 2. The zero-order valence-corrected chi connectivity index (χ0v) is 9.91. The van der Waals surface area contributed by atoms with Crippen molar-refractivity contribution in [3.63, 3.8) is 0 Å². The molecule has 4 nitrogen and oxygen atoms in total. The molecule has 0 bridgehead atoms. The van der Waals surface area contributed by atoms with Crippen LogP contribution in [0.3, 0.4) is 0 Å². The van der Waals surface area contributed by atoms with Gasteiger partial charge >= 0.3 is 0 Å². The van der Waals surface area contributed by atoms with Crippen LogP contribution < -0.4 is 5.32 Å². The van der Waals surface area contributed by atoms with Gasteiger partial charge in [-0.25, -0.2) is 0 Å². The second-order valence-corrected chi connectivity index (χ2v) is 4.70. The summed E-state index contributed by atoms with van der Waals surface area (Å²) >= 11 is 5.72. The minimum absolute atomic E-state index is 0.0201. The molecule has 0 atom stereocenters. The minimum atomic E-state index is 0.0201. The van der Waals surface area contributed by atoms with Crippen LogP contribution in [-0.4, -0.2) is 21.7 Å². The van der Waals surface area contributed by atoms with E-state index in [9.17, 15) is 4.79 Å². The average molecular weight is 242 g/mol. The molecule has 0 radical (unpaired) electrons. The van der Waals surface area contributed by atoms with Crippen molar-refractivity contribution in [3.05, 3.63) is 17.4 Å². The fourth-order valence-electron chi connectivity index (χ4n) is 2.09. The molecule has 1 aromatic rings. The molecule has 1 amide bonds. The maximum atomic E-state index is 11.7. The van der Waals surface area contributed by atoms with Crippen molar-refractivity contribution in [2.24, 2.45) is 0 Å². The molecule has 5 heteroatoms. The minimum Gasteiger partial charge on any atom is -0.352 e. The number of hydrogen-bond acceptors (Lipinski definition) is 2. The highest BCUT2D eigenvalue weighted by atomic mass is 35.5. The molecule has 16 heavy (non-hydrogen) atoms. The molecule has 1 heterocycles. The summed E-state index contributed by atoms with van der Waals surface area (Å²) in [7, 11) is 0. The molecule has 0 aromatic carbocycles. The molecule has 0 saturated heterocycles. The summed E-state index contributed by atoms with van der Waals surface area (Å²) in [6, 6.07) is 0.354. The van der Waals surface area contributed by atoms with Gasteiger partial charge in [0.05, 0.1) is 11.2 Å². The fraction of sp³-hybridized carbons (Fsp3) is 0.636. The summed E-state index contributed by atoms with van der Waals surface area (Å²) in [6.07, 6.45) is 9.13. The number of carbonyl (C=O) groups excluding carboxylic acids is 1. The van der Waals surface area contributed by atoms with Crippen molar-refractivity contribution in [2.45, 2.75) is 44.7 Å². The monoisotopic (exact) mass is 241 g/mol. The Morgan fingerprint density at radius 3 is 2.88 bits per heavy atom. The molecule has 1 aliphatic carbocycles. The Labute approximate surface area is 100.0 Å². The van der Waals surface area contributed by atoms with Crippen molar-refractivity contribution >= 4 is 17.5 Å². The first kappa shape index (κ1) is 11.5. The highest BCUT2D eigenvalue weighted by Crippen LogP contribution is 2.17. The van der Waals surface area contributed by atoms with E-state index in [0.717, 1.165) is 12.8 Å². The predicted octanol–water partition coefficient (Wildman–Crippen LogP) is 1.99. The summed E-state index contributed by atoms with van der Waals surface area (Å²) in [5, 5.41) is 7.57. The van der Waals surface area contributed by atoms with Crippen molar-refractivity contribution in [2.75, 3.05) is 0 Å². The van der Waals surface area contributed by atoms with Crippen LogP contribution in [0.25, 0.3) is 0 Å². The molecule has 1 fully saturated rings. The molecular weight excluding hydrogens is 226 g/mol.